The van der Waals surface area contributed by atoms with Crippen LogP contribution in [0.25, 0.3) is 0 Å². The first-order valence-corrected chi connectivity index (χ1v) is 7.04. The summed E-state index contributed by atoms with van der Waals surface area (Å²) >= 11 is 0. The summed E-state index contributed by atoms with van der Waals surface area (Å²) in [7, 11) is 0. The van der Waals surface area contributed by atoms with Gasteiger partial charge in [0.05, 0.1) is 5.56 Å². The molecule has 0 unspecified atom stereocenters. The van der Waals surface area contributed by atoms with Crippen LogP contribution < -0.4 is 4.90 Å². The summed E-state index contributed by atoms with van der Waals surface area (Å²) < 4.78 is 26.9. The zero-order valence-electron chi connectivity index (χ0n) is 11.9. The van der Waals surface area contributed by atoms with E-state index in [-0.39, 0.29) is 5.56 Å². The number of carbonyl (C=O) groups is 1. The Morgan fingerprint density at radius 1 is 1.00 bits per heavy atom. The van der Waals surface area contributed by atoms with Crippen LogP contribution in [0, 0.1) is 11.6 Å². The van der Waals surface area contributed by atoms with E-state index in [1.807, 2.05) is 12.1 Å². The van der Waals surface area contributed by atoms with Crippen LogP contribution in [0.2, 0.25) is 0 Å². The van der Waals surface area contributed by atoms with Crippen LogP contribution in [0.4, 0.5) is 14.5 Å². The van der Waals surface area contributed by atoms with Gasteiger partial charge in [-0.2, -0.15) is 0 Å². The molecule has 114 valence electrons. The van der Waals surface area contributed by atoms with Crippen molar-refractivity contribution >= 4 is 11.6 Å². The molecular formula is C16H15F2N3O. The first-order chi connectivity index (χ1) is 10.6. The van der Waals surface area contributed by atoms with Gasteiger partial charge in [-0.15, -0.1) is 0 Å². The van der Waals surface area contributed by atoms with Gasteiger partial charge in [0.15, 0.2) is 0 Å². The van der Waals surface area contributed by atoms with Gasteiger partial charge in [0.1, 0.15) is 11.6 Å². The standard InChI is InChI=1S/C16H15F2N3O/c17-12-1-2-15(18)14(11-12)16(22)21-9-7-20(8-10-21)13-3-5-19-6-4-13/h1-6,11H,7-10H2. The molecule has 1 amide bonds. The fourth-order valence-electron chi connectivity index (χ4n) is 2.55. The molecule has 0 atom stereocenters. The molecule has 6 heteroatoms. The van der Waals surface area contributed by atoms with Crippen LogP contribution in [0.15, 0.2) is 42.7 Å². The number of hydrogen-bond acceptors (Lipinski definition) is 3. The number of pyridine rings is 1. The van der Waals surface area contributed by atoms with E-state index in [1.165, 1.54) is 0 Å². The molecule has 0 bridgehead atoms. The summed E-state index contributed by atoms with van der Waals surface area (Å²) in [6.45, 7) is 2.23. The minimum Gasteiger partial charge on any atom is -0.368 e. The Balaban J connectivity index is 1.68. The molecule has 3 rings (SSSR count). The summed E-state index contributed by atoms with van der Waals surface area (Å²) in [6, 6.07) is 6.75. The number of carbonyl (C=O) groups excluding carboxylic acids is 1. The van der Waals surface area contributed by atoms with E-state index in [2.05, 4.69) is 9.88 Å². The number of piperazine rings is 1. The Kier molecular flexibility index (Phi) is 4.00. The van der Waals surface area contributed by atoms with E-state index >= 15 is 0 Å². The zero-order chi connectivity index (χ0) is 15.5. The monoisotopic (exact) mass is 303 g/mol. The van der Waals surface area contributed by atoms with Gasteiger partial charge in [0.25, 0.3) is 5.91 Å². The normalized spacial score (nSPS) is 15.0. The number of rotatable bonds is 2. The van der Waals surface area contributed by atoms with E-state index < -0.39 is 17.5 Å². The van der Waals surface area contributed by atoms with Crippen LogP contribution >= 0.6 is 0 Å². The number of benzene rings is 1. The Bertz CT molecular complexity index is 670. The first-order valence-electron chi connectivity index (χ1n) is 7.04. The lowest BCUT2D eigenvalue weighted by molar-refractivity contribution is 0.0741. The van der Waals surface area contributed by atoms with Crippen LogP contribution in [-0.4, -0.2) is 42.0 Å². The number of aromatic nitrogens is 1. The Labute approximate surface area is 127 Å². The lowest BCUT2D eigenvalue weighted by Gasteiger charge is -2.36. The smallest absolute Gasteiger partial charge is 0.257 e. The van der Waals surface area contributed by atoms with E-state index in [0.717, 1.165) is 23.9 Å². The van der Waals surface area contributed by atoms with Gasteiger partial charge in [-0.1, -0.05) is 0 Å². The topological polar surface area (TPSA) is 36.4 Å². The Morgan fingerprint density at radius 3 is 2.36 bits per heavy atom. The Morgan fingerprint density at radius 2 is 1.68 bits per heavy atom. The van der Waals surface area contributed by atoms with Crippen LogP contribution in [0.5, 0.6) is 0 Å². The van der Waals surface area contributed by atoms with Crippen molar-refractivity contribution in [2.45, 2.75) is 0 Å². The summed E-state index contributed by atoms with van der Waals surface area (Å²) in [5, 5.41) is 0. The largest absolute Gasteiger partial charge is 0.368 e. The van der Waals surface area contributed by atoms with Crippen molar-refractivity contribution in [1.29, 1.82) is 0 Å². The molecule has 1 saturated heterocycles. The highest BCUT2D eigenvalue weighted by Crippen LogP contribution is 2.17. The number of halogens is 2. The minimum atomic E-state index is -0.692. The number of hydrogen-bond donors (Lipinski definition) is 0. The Hall–Kier alpha value is -2.50. The first kappa shape index (κ1) is 14.4. The second kappa shape index (κ2) is 6.09. The zero-order valence-corrected chi connectivity index (χ0v) is 11.9. The molecule has 2 aromatic rings. The van der Waals surface area contributed by atoms with Crippen molar-refractivity contribution in [2.24, 2.45) is 0 Å². The third kappa shape index (κ3) is 2.90. The van der Waals surface area contributed by atoms with Gasteiger partial charge in [0, 0.05) is 44.3 Å². The molecule has 1 aromatic carbocycles. The third-order valence-electron chi connectivity index (χ3n) is 3.75. The van der Waals surface area contributed by atoms with E-state index in [0.29, 0.717) is 26.2 Å². The maximum absolute atomic E-state index is 13.7. The highest BCUT2D eigenvalue weighted by atomic mass is 19.1. The van der Waals surface area contributed by atoms with Crippen molar-refractivity contribution < 1.29 is 13.6 Å². The SMILES string of the molecule is O=C(c1cc(F)ccc1F)N1CCN(c2ccncc2)CC1. The quantitative estimate of drug-likeness (QED) is 0.854. The predicted octanol–water partition coefficient (Wildman–Crippen LogP) is 2.32. The van der Waals surface area contributed by atoms with Gasteiger partial charge in [0.2, 0.25) is 0 Å². The van der Waals surface area contributed by atoms with Crippen molar-refractivity contribution in [2.75, 3.05) is 31.1 Å². The number of nitrogens with zero attached hydrogens (tertiary/aromatic N) is 3. The summed E-state index contributed by atoms with van der Waals surface area (Å²) in [5.74, 6) is -1.77. The number of amides is 1. The van der Waals surface area contributed by atoms with Gasteiger partial charge in [-0.05, 0) is 30.3 Å². The summed E-state index contributed by atoms with van der Waals surface area (Å²) in [4.78, 5) is 20.0. The van der Waals surface area contributed by atoms with Crippen LogP contribution in [-0.2, 0) is 0 Å². The molecule has 4 nitrogen and oxygen atoms in total. The highest BCUT2D eigenvalue weighted by molar-refractivity contribution is 5.94. The van der Waals surface area contributed by atoms with Crippen molar-refractivity contribution in [3.63, 3.8) is 0 Å². The van der Waals surface area contributed by atoms with E-state index in [9.17, 15) is 13.6 Å². The molecule has 0 radical (unpaired) electrons. The molecule has 0 spiro atoms. The molecule has 1 aromatic heterocycles. The predicted molar refractivity (Wildman–Crippen MR) is 78.7 cm³/mol. The maximum atomic E-state index is 13.7. The fourth-order valence-corrected chi connectivity index (χ4v) is 2.55. The van der Waals surface area contributed by atoms with Crippen LogP contribution in [0.1, 0.15) is 10.4 Å². The lowest BCUT2D eigenvalue weighted by atomic mass is 10.1. The molecular weight excluding hydrogens is 288 g/mol. The molecule has 1 aliphatic heterocycles. The second-order valence-electron chi connectivity index (χ2n) is 5.11. The van der Waals surface area contributed by atoms with Crippen molar-refractivity contribution in [1.82, 2.24) is 9.88 Å². The second-order valence-corrected chi connectivity index (χ2v) is 5.11. The van der Waals surface area contributed by atoms with Crippen molar-refractivity contribution in [3.05, 3.63) is 59.9 Å². The van der Waals surface area contributed by atoms with E-state index in [1.54, 1.807) is 17.3 Å². The summed E-state index contributed by atoms with van der Waals surface area (Å²) in [6.07, 6.45) is 3.43. The van der Waals surface area contributed by atoms with Gasteiger partial charge >= 0.3 is 0 Å². The number of anilines is 1. The van der Waals surface area contributed by atoms with E-state index in [4.69, 9.17) is 0 Å². The molecule has 1 aliphatic rings. The van der Waals surface area contributed by atoms with Crippen LogP contribution in [0.3, 0.4) is 0 Å². The van der Waals surface area contributed by atoms with Gasteiger partial charge < -0.3 is 9.80 Å². The van der Waals surface area contributed by atoms with Crippen molar-refractivity contribution in [3.8, 4) is 0 Å². The molecule has 0 aliphatic carbocycles. The lowest BCUT2D eigenvalue weighted by Crippen LogP contribution is -2.49. The highest BCUT2D eigenvalue weighted by Gasteiger charge is 2.24. The average Bonchev–Trinajstić information content (AvgIpc) is 2.57. The third-order valence-corrected chi connectivity index (χ3v) is 3.75. The van der Waals surface area contributed by atoms with Gasteiger partial charge in [-0.3, -0.25) is 9.78 Å². The molecule has 0 N–H and O–H groups in total. The minimum absolute atomic E-state index is 0.211. The maximum Gasteiger partial charge on any atom is 0.257 e. The molecule has 2 heterocycles. The summed E-state index contributed by atoms with van der Waals surface area (Å²) in [5.41, 5.74) is 0.830. The molecule has 0 saturated carbocycles. The fraction of sp³-hybridized carbons (Fsp3) is 0.250. The van der Waals surface area contributed by atoms with Gasteiger partial charge in [-0.25, -0.2) is 8.78 Å². The average molecular weight is 303 g/mol. The molecule has 22 heavy (non-hydrogen) atoms. The molecule has 1 fully saturated rings.